The number of amides is 1. The first-order valence-corrected chi connectivity index (χ1v) is 9.72. The number of hydrogen-bond acceptors (Lipinski definition) is 4. The van der Waals surface area contributed by atoms with Crippen LogP contribution in [-0.2, 0) is 0 Å². The molecule has 0 bridgehead atoms. The third kappa shape index (κ3) is 4.39. The maximum atomic E-state index is 12.3. The van der Waals surface area contributed by atoms with Crippen LogP contribution in [0.2, 0.25) is 5.02 Å². The summed E-state index contributed by atoms with van der Waals surface area (Å²) in [5.41, 5.74) is 3.38. The Hall–Kier alpha value is -3.15. The highest BCUT2D eigenvalue weighted by atomic mass is 35.5. The molecule has 1 amide bonds. The molecule has 0 aliphatic carbocycles. The molecule has 0 aliphatic heterocycles. The Morgan fingerprint density at radius 3 is 2.61 bits per heavy atom. The molecular weight excluding hydrogens is 392 g/mol. The molecule has 4 aromatic rings. The van der Waals surface area contributed by atoms with Crippen LogP contribution in [0.15, 0.2) is 84.0 Å². The minimum absolute atomic E-state index is 0.231. The van der Waals surface area contributed by atoms with Gasteiger partial charge in [0.1, 0.15) is 11.5 Å². The van der Waals surface area contributed by atoms with Crippen LogP contribution in [0.5, 0.6) is 11.5 Å². The maximum Gasteiger partial charge on any atom is 0.281 e. The average Bonchev–Trinajstić information content (AvgIpc) is 3.14. The number of fused-ring (bicyclic) bond motifs is 1. The molecule has 0 atom stereocenters. The van der Waals surface area contributed by atoms with Crippen molar-refractivity contribution < 1.29 is 9.53 Å². The summed E-state index contributed by atoms with van der Waals surface area (Å²) in [7, 11) is 0. The molecule has 28 heavy (non-hydrogen) atoms. The fourth-order valence-electron chi connectivity index (χ4n) is 2.61. The SMILES string of the molecule is O=C(N/N=C/c1cccc(Oc2ccc(Cl)cc2)c1)c1cc2ccccc2s1. The molecule has 0 radical (unpaired) electrons. The second kappa shape index (κ2) is 8.25. The highest BCUT2D eigenvalue weighted by Crippen LogP contribution is 2.25. The third-order valence-corrected chi connectivity index (χ3v) is 5.30. The lowest BCUT2D eigenvalue weighted by molar-refractivity contribution is 0.0959. The van der Waals surface area contributed by atoms with Crippen molar-refractivity contribution in [2.24, 2.45) is 5.10 Å². The number of halogens is 1. The fraction of sp³-hybridized carbons (Fsp3) is 0. The summed E-state index contributed by atoms with van der Waals surface area (Å²) in [6, 6.07) is 24.3. The number of hydrogen-bond donors (Lipinski definition) is 1. The summed E-state index contributed by atoms with van der Waals surface area (Å²) in [6.07, 6.45) is 1.58. The van der Waals surface area contributed by atoms with Crippen LogP contribution in [0, 0.1) is 0 Å². The van der Waals surface area contributed by atoms with Gasteiger partial charge in [-0.15, -0.1) is 11.3 Å². The Morgan fingerprint density at radius 1 is 0.964 bits per heavy atom. The van der Waals surface area contributed by atoms with Gasteiger partial charge in [0.2, 0.25) is 0 Å². The van der Waals surface area contributed by atoms with Crippen molar-refractivity contribution in [1.29, 1.82) is 0 Å². The van der Waals surface area contributed by atoms with E-state index in [1.54, 1.807) is 30.5 Å². The van der Waals surface area contributed by atoms with Crippen molar-refractivity contribution in [2.75, 3.05) is 0 Å². The summed E-state index contributed by atoms with van der Waals surface area (Å²) in [4.78, 5) is 12.9. The number of nitrogens with zero attached hydrogens (tertiary/aromatic N) is 1. The average molecular weight is 407 g/mol. The minimum atomic E-state index is -0.231. The number of thiophene rings is 1. The Bertz CT molecular complexity index is 1120. The quantitative estimate of drug-likeness (QED) is 0.321. The first-order chi connectivity index (χ1) is 13.7. The number of rotatable bonds is 5. The van der Waals surface area contributed by atoms with Crippen LogP contribution in [0.1, 0.15) is 15.2 Å². The predicted octanol–water partition coefficient (Wildman–Crippen LogP) is 6.11. The number of carbonyl (C=O) groups excluding carboxylic acids is 1. The van der Waals surface area contributed by atoms with Gasteiger partial charge in [0.15, 0.2) is 0 Å². The molecule has 4 rings (SSSR count). The van der Waals surface area contributed by atoms with Crippen LogP contribution < -0.4 is 10.2 Å². The second-order valence-electron chi connectivity index (χ2n) is 5.98. The van der Waals surface area contributed by atoms with Crippen LogP contribution >= 0.6 is 22.9 Å². The monoisotopic (exact) mass is 406 g/mol. The first-order valence-electron chi connectivity index (χ1n) is 8.53. The first kappa shape index (κ1) is 18.2. The number of carbonyl (C=O) groups is 1. The van der Waals surface area contributed by atoms with E-state index in [1.165, 1.54) is 11.3 Å². The molecular formula is C22H15ClN2O2S. The van der Waals surface area contributed by atoms with E-state index >= 15 is 0 Å². The number of benzene rings is 3. The van der Waals surface area contributed by atoms with E-state index in [9.17, 15) is 4.79 Å². The van der Waals surface area contributed by atoms with Crippen molar-refractivity contribution in [3.8, 4) is 11.5 Å². The van der Waals surface area contributed by atoms with E-state index in [0.717, 1.165) is 15.6 Å². The van der Waals surface area contributed by atoms with Gasteiger partial charge in [-0.1, -0.05) is 41.9 Å². The van der Waals surface area contributed by atoms with Gasteiger partial charge in [0.25, 0.3) is 5.91 Å². The topological polar surface area (TPSA) is 50.7 Å². The van der Waals surface area contributed by atoms with Crippen molar-refractivity contribution in [3.05, 3.63) is 94.3 Å². The fourth-order valence-corrected chi connectivity index (χ4v) is 3.69. The Morgan fingerprint density at radius 2 is 1.79 bits per heavy atom. The van der Waals surface area contributed by atoms with E-state index < -0.39 is 0 Å². The molecule has 0 unspecified atom stereocenters. The molecule has 1 heterocycles. The van der Waals surface area contributed by atoms with Crippen molar-refractivity contribution in [1.82, 2.24) is 5.43 Å². The largest absolute Gasteiger partial charge is 0.457 e. The van der Waals surface area contributed by atoms with Gasteiger partial charge in [0, 0.05) is 9.72 Å². The summed E-state index contributed by atoms with van der Waals surface area (Å²) >= 11 is 7.32. The number of nitrogens with one attached hydrogen (secondary N) is 1. The van der Waals surface area contributed by atoms with Gasteiger partial charge in [-0.2, -0.15) is 5.10 Å². The standard InChI is InChI=1S/C22H15ClN2O2S/c23-17-8-10-18(11-9-17)27-19-6-3-4-15(12-19)14-24-25-22(26)21-13-16-5-1-2-7-20(16)28-21/h1-14H,(H,25,26)/b24-14+. The summed E-state index contributed by atoms with van der Waals surface area (Å²) in [6.45, 7) is 0. The highest BCUT2D eigenvalue weighted by Gasteiger charge is 2.08. The summed E-state index contributed by atoms with van der Waals surface area (Å²) < 4.78 is 6.87. The smallest absolute Gasteiger partial charge is 0.281 e. The third-order valence-electron chi connectivity index (χ3n) is 3.94. The zero-order valence-corrected chi connectivity index (χ0v) is 16.2. The van der Waals surface area contributed by atoms with Crippen molar-refractivity contribution in [3.63, 3.8) is 0 Å². The molecule has 138 valence electrons. The van der Waals surface area contributed by atoms with Gasteiger partial charge in [-0.25, -0.2) is 5.43 Å². The Balaban J connectivity index is 1.41. The lowest BCUT2D eigenvalue weighted by atomic mass is 10.2. The van der Waals surface area contributed by atoms with E-state index in [0.29, 0.717) is 21.4 Å². The van der Waals surface area contributed by atoms with Crippen molar-refractivity contribution >= 4 is 45.1 Å². The van der Waals surface area contributed by atoms with E-state index in [2.05, 4.69) is 10.5 Å². The normalized spacial score (nSPS) is 11.0. The molecule has 0 saturated carbocycles. The van der Waals surface area contributed by atoms with Crippen LogP contribution in [0.4, 0.5) is 0 Å². The van der Waals surface area contributed by atoms with Gasteiger partial charge >= 0.3 is 0 Å². The van der Waals surface area contributed by atoms with Crippen LogP contribution in [0.3, 0.4) is 0 Å². The molecule has 1 aromatic heterocycles. The molecule has 1 N–H and O–H groups in total. The van der Waals surface area contributed by atoms with Crippen molar-refractivity contribution in [2.45, 2.75) is 0 Å². The molecule has 6 heteroatoms. The highest BCUT2D eigenvalue weighted by molar-refractivity contribution is 7.20. The maximum absolute atomic E-state index is 12.3. The number of hydrazone groups is 1. The zero-order valence-electron chi connectivity index (χ0n) is 14.6. The Labute approximate surface area is 171 Å². The van der Waals surface area contributed by atoms with E-state index in [1.807, 2.05) is 54.6 Å². The zero-order chi connectivity index (χ0) is 19.3. The molecule has 0 aliphatic rings. The minimum Gasteiger partial charge on any atom is -0.457 e. The van der Waals surface area contributed by atoms with Gasteiger partial charge in [0.05, 0.1) is 11.1 Å². The van der Waals surface area contributed by atoms with Gasteiger partial charge in [-0.05, 0) is 59.5 Å². The lowest BCUT2D eigenvalue weighted by Gasteiger charge is -2.06. The van der Waals surface area contributed by atoms with E-state index in [-0.39, 0.29) is 5.91 Å². The molecule has 3 aromatic carbocycles. The van der Waals surface area contributed by atoms with Gasteiger partial charge in [-0.3, -0.25) is 4.79 Å². The summed E-state index contributed by atoms with van der Waals surface area (Å²) in [5.74, 6) is 1.13. The number of ether oxygens (including phenoxy) is 1. The Kier molecular flexibility index (Phi) is 5.37. The van der Waals surface area contributed by atoms with Gasteiger partial charge < -0.3 is 4.74 Å². The van der Waals surface area contributed by atoms with E-state index in [4.69, 9.17) is 16.3 Å². The second-order valence-corrected chi connectivity index (χ2v) is 7.50. The molecule has 4 nitrogen and oxygen atoms in total. The molecule has 0 fully saturated rings. The van der Waals surface area contributed by atoms with Crippen LogP contribution in [-0.4, -0.2) is 12.1 Å². The van der Waals surface area contributed by atoms with Crippen LogP contribution in [0.25, 0.3) is 10.1 Å². The predicted molar refractivity (Wildman–Crippen MR) is 115 cm³/mol. The lowest BCUT2D eigenvalue weighted by Crippen LogP contribution is -2.16. The summed E-state index contributed by atoms with van der Waals surface area (Å²) in [5, 5.41) is 5.76. The molecule has 0 spiro atoms. The molecule has 0 saturated heterocycles.